The number of anilines is 2. The molecule has 0 fully saturated rings. The molecule has 6 nitrogen and oxygen atoms in total. The molecule has 0 aliphatic rings. The first-order valence-electron chi connectivity index (χ1n) is 8.41. The zero-order valence-corrected chi connectivity index (χ0v) is 16.0. The molecule has 0 atom stereocenters. The number of nitrogens with zero attached hydrogens (tertiary/aromatic N) is 3. The Bertz CT molecular complexity index is 1090. The highest BCUT2D eigenvalue weighted by molar-refractivity contribution is 7.92. The summed E-state index contributed by atoms with van der Waals surface area (Å²) in [5.41, 5.74) is 2.36. The Morgan fingerprint density at radius 2 is 1.81 bits per heavy atom. The number of sulfonamides is 1. The van der Waals surface area contributed by atoms with E-state index in [2.05, 4.69) is 27.1 Å². The molecule has 0 bridgehead atoms. The summed E-state index contributed by atoms with van der Waals surface area (Å²) in [6.07, 6.45) is 3.38. The van der Waals surface area contributed by atoms with Crippen LogP contribution >= 0.6 is 0 Å². The lowest BCUT2D eigenvalue weighted by molar-refractivity contribution is 0.600. The van der Waals surface area contributed by atoms with Crippen molar-refractivity contribution in [3.8, 4) is 11.8 Å². The fourth-order valence-electron chi connectivity index (χ4n) is 2.50. The van der Waals surface area contributed by atoms with E-state index in [0.717, 1.165) is 22.3 Å². The van der Waals surface area contributed by atoms with Crippen LogP contribution in [0.5, 0.6) is 0 Å². The molecule has 1 N–H and O–H groups in total. The molecule has 0 amide bonds. The molecule has 0 unspecified atom stereocenters. The zero-order valence-electron chi connectivity index (χ0n) is 15.2. The molecule has 3 aromatic rings. The number of para-hydroxylation sites is 1. The molecular weight excluding hydrogens is 360 g/mol. The van der Waals surface area contributed by atoms with E-state index in [0.29, 0.717) is 18.7 Å². The van der Waals surface area contributed by atoms with Gasteiger partial charge in [-0.2, -0.15) is 0 Å². The van der Waals surface area contributed by atoms with Crippen LogP contribution in [0.25, 0.3) is 10.9 Å². The molecule has 0 saturated heterocycles. The quantitative estimate of drug-likeness (QED) is 0.544. The second-order valence-electron chi connectivity index (χ2n) is 6.00. The SMILES string of the molecule is CN(c1ccc(C#CCCNc2ncnc3ccccc23)cc1)S(C)(=O)=O. The van der Waals surface area contributed by atoms with Crippen LogP contribution in [0.4, 0.5) is 11.5 Å². The van der Waals surface area contributed by atoms with Crippen LogP contribution in [0, 0.1) is 11.8 Å². The number of aromatic nitrogens is 2. The van der Waals surface area contributed by atoms with Crippen LogP contribution in [0.2, 0.25) is 0 Å². The third kappa shape index (κ3) is 4.74. The number of hydrogen-bond donors (Lipinski definition) is 1. The summed E-state index contributed by atoms with van der Waals surface area (Å²) in [6, 6.07) is 15.0. The maximum atomic E-state index is 11.5. The molecule has 0 aliphatic heterocycles. The molecule has 2 aromatic carbocycles. The third-order valence-electron chi connectivity index (χ3n) is 4.05. The van der Waals surface area contributed by atoms with Gasteiger partial charge in [-0.1, -0.05) is 24.0 Å². The van der Waals surface area contributed by atoms with Crippen LogP contribution in [0.3, 0.4) is 0 Å². The minimum absolute atomic E-state index is 0.611. The summed E-state index contributed by atoms with van der Waals surface area (Å²) in [5, 5.41) is 4.27. The monoisotopic (exact) mass is 380 g/mol. The Balaban J connectivity index is 1.58. The van der Waals surface area contributed by atoms with Gasteiger partial charge in [0.2, 0.25) is 10.0 Å². The first-order valence-corrected chi connectivity index (χ1v) is 10.3. The van der Waals surface area contributed by atoms with Crippen LogP contribution < -0.4 is 9.62 Å². The van der Waals surface area contributed by atoms with Gasteiger partial charge in [0.15, 0.2) is 0 Å². The Morgan fingerprint density at radius 3 is 2.56 bits per heavy atom. The molecule has 138 valence electrons. The highest BCUT2D eigenvalue weighted by Crippen LogP contribution is 2.18. The third-order valence-corrected chi connectivity index (χ3v) is 5.25. The molecule has 0 saturated carbocycles. The van der Waals surface area contributed by atoms with E-state index in [1.807, 2.05) is 36.4 Å². The molecule has 3 rings (SSSR count). The number of nitrogens with one attached hydrogen (secondary N) is 1. The van der Waals surface area contributed by atoms with Gasteiger partial charge in [-0.05, 0) is 36.4 Å². The average molecular weight is 380 g/mol. The highest BCUT2D eigenvalue weighted by atomic mass is 32.2. The standard InChI is InChI=1S/C20H20N4O2S/c1-24(27(2,25)26)17-12-10-16(11-13-17)7-5-6-14-21-20-18-8-3-4-9-19(18)22-15-23-20/h3-4,8-13,15H,6,14H2,1-2H3,(H,21,22,23). The van der Waals surface area contributed by atoms with Crippen molar-refractivity contribution in [3.63, 3.8) is 0 Å². The summed E-state index contributed by atoms with van der Waals surface area (Å²) in [6.45, 7) is 0.670. The van der Waals surface area contributed by atoms with Gasteiger partial charge in [0.05, 0.1) is 17.5 Å². The number of benzene rings is 2. The van der Waals surface area contributed by atoms with E-state index < -0.39 is 10.0 Å². The maximum Gasteiger partial charge on any atom is 0.231 e. The first-order chi connectivity index (χ1) is 12.9. The fourth-order valence-corrected chi connectivity index (χ4v) is 3.00. The summed E-state index contributed by atoms with van der Waals surface area (Å²) in [7, 11) is -1.73. The van der Waals surface area contributed by atoms with E-state index in [1.54, 1.807) is 18.5 Å². The van der Waals surface area contributed by atoms with Crippen LogP contribution in [-0.2, 0) is 10.0 Å². The van der Waals surface area contributed by atoms with E-state index in [-0.39, 0.29) is 0 Å². The second-order valence-corrected chi connectivity index (χ2v) is 8.01. The summed E-state index contributed by atoms with van der Waals surface area (Å²) in [5.74, 6) is 6.99. The molecule has 7 heteroatoms. The van der Waals surface area contributed by atoms with Crippen molar-refractivity contribution in [1.82, 2.24) is 9.97 Å². The number of fused-ring (bicyclic) bond motifs is 1. The second kappa shape index (κ2) is 8.06. The summed E-state index contributed by atoms with van der Waals surface area (Å²) in [4.78, 5) is 8.52. The largest absolute Gasteiger partial charge is 0.368 e. The van der Waals surface area contributed by atoms with Gasteiger partial charge in [-0.25, -0.2) is 18.4 Å². The minimum Gasteiger partial charge on any atom is -0.368 e. The zero-order chi connectivity index (χ0) is 19.3. The lowest BCUT2D eigenvalue weighted by Crippen LogP contribution is -2.24. The van der Waals surface area contributed by atoms with Crippen molar-refractivity contribution >= 4 is 32.4 Å². The number of hydrogen-bond acceptors (Lipinski definition) is 5. The first kappa shape index (κ1) is 18.7. The molecule has 0 spiro atoms. The summed E-state index contributed by atoms with van der Waals surface area (Å²) >= 11 is 0. The van der Waals surface area contributed by atoms with Gasteiger partial charge in [0, 0.05) is 31.0 Å². The number of rotatable bonds is 5. The molecule has 1 aromatic heterocycles. The van der Waals surface area contributed by atoms with Crippen molar-refractivity contribution in [3.05, 3.63) is 60.4 Å². The van der Waals surface area contributed by atoms with Gasteiger partial charge in [0.25, 0.3) is 0 Å². The van der Waals surface area contributed by atoms with E-state index in [4.69, 9.17) is 0 Å². The van der Waals surface area contributed by atoms with E-state index in [9.17, 15) is 8.42 Å². The molecular formula is C20H20N4O2S. The van der Waals surface area contributed by atoms with Crippen molar-refractivity contribution in [2.45, 2.75) is 6.42 Å². The molecule has 0 radical (unpaired) electrons. The van der Waals surface area contributed by atoms with Crippen LogP contribution in [0.15, 0.2) is 54.9 Å². The normalized spacial score (nSPS) is 10.9. The topological polar surface area (TPSA) is 75.2 Å². The van der Waals surface area contributed by atoms with E-state index in [1.165, 1.54) is 17.6 Å². The fraction of sp³-hybridized carbons (Fsp3) is 0.200. The Kier molecular flexibility index (Phi) is 5.57. The van der Waals surface area contributed by atoms with Crippen molar-refractivity contribution < 1.29 is 8.42 Å². The average Bonchev–Trinajstić information content (AvgIpc) is 2.67. The molecule has 0 aliphatic carbocycles. The maximum absolute atomic E-state index is 11.5. The Hall–Kier alpha value is -3.11. The van der Waals surface area contributed by atoms with Crippen LogP contribution in [0.1, 0.15) is 12.0 Å². The smallest absolute Gasteiger partial charge is 0.231 e. The predicted octanol–water partition coefficient (Wildman–Crippen LogP) is 2.88. The lowest BCUT2D eigenvalue weighted by atomic mass is 10.2. The van der Waals surface area contributed by atoms with Gasteiger partial charge in [-0.3, -0.25) is 4.31 Å². The van der Waals surface area contributed by atoms with Crippen molar-refractivity contribution in [2.75, 3.05) is 29.5 Å². The Labute approximate surface area is 159 Å². The highest BCUT2D eigenvalue weighted by Gasteiger charge is 2.10. The van der Waals surface area contributed by atoms with E-state index >= 15 is 0 Å². The van der Waals surface area contributed by atoms with Crippen molar-refractivity contribution in [2.24, 2.45) is 0 Å². The lowest BCUT2D eigenvalue weighted by Gasteiger charge is -2.16. The Morgan fingerprint density at radius 1 is 1.07 bits per heavy atom. The molecule has 1 heterocycles. The van der Waals surface area contributed by atoms with Gasteiger partial charge in [-0.15, -0.1) is 0 Å². The molecule has 27 heavy (non-hydrogen) atoms. The summed E-state index contributed by atoms with van der Waals surface area (Å²) < 4.78 is 24.3. The van der Waals surface area contributed by atoms with Crippen molar-refractivity contribution in [1.29, 1.82) is 0 Å². The minimum atomic E-state index is -3.26. The van der Waals surface area contributed by atoms with Gasteiger partial charge in [0.1, 0.15) is 12.1 Å². The predicted molar refractivity (Wildman–Crippen MR) is 109 cm³/mol. The van der Waals surface area contributed by atoms with Crippen LogP contribution in [-0.4, -0.2) is 38.2 Å². The van der Waals surface area contributed by atoms with Gasteiger partial charge < -0.3 is 5.32 Å². The van der Waals surface area contributed by atoms with Gasteiger partial charge >= 0.3 is 0 Å².